The Bertz CT molecular complexity index is 557. The molecular formula is C20H31N3O2. The molecule has 2 unspecified atom stereocenters. The number of methoxy groups -OCH3 is 1. The molecule has 0 spiro atoms. The fraction of sp³-hybridized carbons (Fsp3) is 0.650. The van der Waals surface area contributed by atoms with E-state index in [2.05, 4.69) is 40.7 Å². The monoisotopic (exact) mass is 345 g/mol. The summed E-state index contributed by atoms with van der Waals surface area (Å²) >= 11 is 0. The van der Waals surface area contributed by atoms with Crippen LogP contribution in [0.5, 0.6) is 5.75 Å². The number of carbonyl (C=O) groups excluding carboxylic acids is 1. The molecule has 25 heavy (non-hydrogen) atoms. The van der Waals surface area contributed by atoms with Crippen LogP contribution in [0, 0.1) is 11.8 Å². The minimum atomic E-state index is 0.302. The first kappa shape index (κ1) is 18.1. The van der Waals surface area contributed by atoms with Gasteiger partial charge >= 0.3 is 0 Å². The number of rotatable bonds is 4. The maximum Gasteiger partial charge on any atom is 0.236 e. The minimum absolute atomic E-state index is 0.302. The van der Waals surface area contributed by atoms with Gasteiger partial charge in [0.1, 0.15) is 5.75 Å². The fourth-order valence-electron chi connectivity index (χ4n) is 4.12. The third-order valence-corrected chi connectivity index (χ3v) is 5.39. The van der Waals surface area contributed by atoms with Crippen LogP contribution in [0.25, 0.3) is 0 Å². The molecule has 2 atom stereocenters. The van der Waals surface area contributed by atoms with E-state index in [0.717, 1.165) is 45.0 Å². The van der Waals surface area contributed by atoms with E-state index in [-0.39, 0.29) is 0 Å². The average Bonchev–Trinajstić information content (AvgIpc) is 2.61. The van der Waals surface area contributed by atoms with Gasteiger partial charge in [-0.05, 0) is 42.5 Å². The molecule has 1 amide bonds. The number of anilines is 1. The number of hydrogen-bond donors (Lipinski definition) is 0. The third-order valence-electron chi connectivity index (χ3n) is 5.39. The molecule has 3 rings (SSSR count). The molecule has 0 N–H and O–H groups in total. The fourth-order valence-corrected chi connectivity index (χ4v) is 4.12. The van der Waals surface area contributed by atoms with Crippen molar-refractivity contribution >= 4 is 11.6 Å². The van der Waals surface area contributed by atoms with Gasteiger partial charge in [-0.25, -0.2) is 0 Å². The van der Waals surface area contributed by atoms with Crippen LogP contribution < -0.4 is 9.64 Å². The lowest BCUT2D eigenvalue weighted by Crippen LogP contribution is -2.52. The quantitative estimate of drug-likeness (QED) is 0.839. The second kappa shape index (κ2) is 8.09. The number of hydrogen-bond acceptors (Lipinski definition) is 4. The molecule has 2 aliphatic rings. The van der Waals surface area contributed by atoms with Crippen molar-refractivity contribution in [2.75, 3.05) is 57.8 Å². The van der Waals surface area contributed by atoms with Crippen molar-refractivity contribution in [3.63, 3.8) is 0 Å². The van der Waals surface area contributed by atoms with E-state index < -0.39 is 0 Å². The molecule has 0 saturated carbocycles. The standard InChI is InChI=1S/C20H31N3O2/c1-16-12-17(2)14-23(13-16)20(24)15-21-8-10-22(11-9-21)18-4-6-19(25-3)7-5-18/h4-7,16-17H,8-15H2,1-3H3. The maximum absolute atomic E-state index is 12.6. The Kier molecular flexibility index (Phi) is 5.84. The van der Waals surface area contributed by atoms with Crippen LogP contribution in [-0.4, -0.2) is 68.6 Å². The average molecular weight is 345 g/mol. The van der Waals surface area contributed by atoms with Crippen LogP contribution in [-0.2, 0) is 4.79 Å². The van der Waals surface area contributed by atoms with E-state index in [4.69, 9.17) is 4.74 Å². The van der Waals surface area contributed by atoms with Gasteiger partial charge in [0.25, 0.3) is 0 Å². The van der Waals surface area contributed by atoms with Gasteiger partial charge in [0.15, 0.2) is 0 Å². The van der Waals surface area contributed by atoms with Gasteiger partial charge < -0.3 is 14.5 Å². The number of likely N-dealkylation sites (tertiary alicyclic amines) is 1. The van der Waals surface area contributed by atoms with Gasteiger partial charge in [-0.3, -0.25) is 9.69 Å². The van der Waals surface area contributed by atoms with Crippen LogP contribution in [0.15, 0.2) is 24.3 Å². The van der Waals surface area contributed by atoms with E-state index in [1.54, 1.807) is 7.11 Å². The van der Waals surface area contributed by atoms with E-state index in [9.17, 15) is 4.79 Å². The molecule has 2 heterocycles. The molecule has 1 aromatic rings. The summed E-state index contributed by atoms with van der Waals surface area (Å²) in [6.45, 7) is 10.7. The summed E-state index contributed by atoms with van der Waals surface area (Å²) in [6.07, 6.45) is 1.24. The smallest absolute Gasteiger partial charge is 0.236 e. The second-order valence-electron chi connectivity index (χ2n) is 7.71. The first-order valence-corrected chi connectivity index (χ1v) is 9.44. The number of carbonyl (C=O) groups is 1. The second-order valence-corrected chi connectivity index (χ2v) is 7.71. The lowest BCUT2D eigenvalue weighted by molar-refractivity contribution is -0.135. The van der Waals surface area contributed by atoms with E-state index in [1.807, 2.05) is 12.1 Å². The van der Waals surface area contributed by atoms with Crippen molar-refractivity contribution in [1.82, 2.24) is 9.80 Å². The zero-order valence-electron chi connectivity index (χ0n) is 15.8. The van der Waals surface area contributed by atoms with Crippen molar-refractivity contribution in [2.24, 2.45) is 11.8 Å². The molecule has 0 aliphatic carbocycles. The zero-order valence-corrected chi connectivity index (χ0v) is 15.8. The van der Waals surface area contributed by atoms with Crippen molar-refractivity contribution in [3.8, 4) is 5.75 Å². The van der Waals surface area contributed by atoms with Crippen molar-refractivity contribution in [2.45, 2.75) is 20.3 Å². The molecule has 0 radical (unpaired) electrons. The Morgan fingerprint density at radius 1 is 1.04 bits per heavy atom. The van der Waals surface area contributed by atoms with Crippen LogP contribution in [0.4, 0.5) is 5.69 Å². The summed E-state index contributed by atoms with van der Waals surface area (Å²) in [6, 6.07) is 8.22. The highest BCUT2D eigenvalue weighted by Gasteiger charge is 2.27. The van der Waals surface area contributed by atoms with Crippen molar-refractivity contribution < 1.29 is 9.53 Å². The van der Waals surface area contributed by atoms with Crippen molar-refractivity contribution in [3.05, 3.63) is 24.3 Å². The van der Waals surface area contributed by atoms with Crippen LogP contribution in [0.3, 0.4) is 0 Å². The Morgan fingerprint density at radius 2 is 1.64 bits per heavy atom. The SMILES string of the molecule is COc1ccc(N2CCN(CC(=O)N3CC(C)CC(C)C3)CC2)cc1. The Labute approximate surface area is 151 Å². The lowest BCUT2D eigenvalue weighted by Gasteiger charge is -2.39. The number of nitrogens with zero attached hydrogens (tertiary/aromatic N) is 3. The zero-order chi connectivity index (χ0) is 17.8. The van der Waals surface area contributed by atoms with Gasteiger partial charge in [0.2, 0.25) is 5.91 Å². The minimum Gasteiger partial charge on any atom is -0.497 e. The Balaban J connectivity index is 1.48. The molecule has 1 aromatic carbocycles. The molecule has 2 fully saturated rings. The maximum atomic E-state index is 12.6. The van der Waals surface area contributed by atoms with Gasteiger partial charge in [0, 0.05) is 45.0 Å². The van der Waals surface area contributed by atoms with Crippen LogP contribution in [0.1, 0.15) is 20.3 Å². The number of piperazine rings is 1. The Morgan fingerprint density at radius 3 is 2.20 bits per heavy atom. The van der Waals surface area contributed by atoms with Gasteiger partial charge in [0.05, 0.1) is 13.7 Å². The number of ether oxygens (including phenoxy) is 1. The molecule has 2 aliphatic heterocycles. The summed E-state index contributed by atoms with van der Waals surface area (Å²) in [5, 5.41) is 0. The van der Waals surface area contributed by atoms with Gasteiger partial charge in [-0.2, -0.15) is 0 Å². The number of benzene rings is 1. The van der Waals surface area contributed by atoms with E-state index in [1.165, 1.54) is 12.1 Å². The lowest BCUT2D eigenvalue weighted by atomic mass is 9.92. The van der Waals surface area contributed by atoms with Gasteiger partial charge in [-0.15, -0.1) is 0 Å². The molecule has 2 saturated heterocycles. The summed E-state index contributed by atoms with van der Waals surface area (Å²) in [4.78, 5) is 19.4. The molecule has 5 nitrogen and oxygen atoms in total. The molecule has 0 bridgehead atoms. The molecule has 5 heteroatoms. The van der Waals surface area contributed by atoms with E-state index >= 15 is 0 Å². The molecule has 0 aromatic heterocycles. The number of piperidine rings is 1. The topological polar surface area (TPSA) is 36.0 Å². The highest BCUT2D eigenvalue weighted by Crippen LogP contribution is 2.22. The predicted octanol–water partition coefficient (Wildman–Crippen LogP) is 2.32. The first-order chi connectivity index (χ1) is 12.0. The highest BCUT2D eigenvalue weighted by atomic mass is 16.5. The van der Waals surface area contributed by atoms with E-state index in [0.29, 0.717) is 24.3 Å². The largest absolute Gasteiger partial charge is 0.497 e. The molecule has 138 valence electrons. The Hall–Kier alpha value is -1.75. The number of amides is 1. The highest BCUT2D eigenvalue weighted by molar-refractivity contribution is 5.78. The summed E-state index contributed by atoms with van der Waals surface area (Å²) in [7, 11) is 1.69. The van der Waals surface area contributed by atoms with Crippen LogP contribution in [0.2, 0.25) is 0 Å². The van der Waals surface area contributed by atoms with Crippen LogP contribution >= 0.6 is 0 Å². The third kappa shape index (κ3) is 4.66. The van der Waals surface area contributed by atoms with Crippen molar-refractivity contribution in [1.29, 1.82) is 0 Å². The summed E-state index contributed by atoms with van der Waals surface area (Å²) in [5.74, 6) is 2.44. The molecular weight excluding hydrogens is 314 g/mol. The predicted molar refractivity (Wildman–Crippen MR) is 101 cm³/mol. The summed E-state index contributed by atoms with van der Waals surface area (Å²) < 4.78 is 5.22. The normalized spacial score (nSPS) is 25.1. The first-order valence-electron chi connectivity index (χ1n) is 9.44. The summed E-state index contributed by atoms with van der Waals surface area (Å²) in [5.41, 5.74) is 1.23. The van der Waals surface area contributed by atoms with Gasteiger partial charge in [-0.1, -0.05) is 13.8 Å².